The van der Waals surface area contributed by atoms with Gasteiger partial charge in [-0.05, 0) is 20.8 Å². The number of ether oxygens (including phenoxy) is 1. The molecule has 0 aliphatic carbocycles. The standard InChI is InChI=1S/C8H16N2O3S/c1-8(2,3)13-7(12)9-5-4-6(11)10-14/h14H,4-5H2,1-3H3,(H,9,12)(H,10,11). The van der Waals surface area contributed by atoms with Gasteiger partial charge in [-0.2, -0.15) is 0 Å². The maximum Gasteiger partial charge on any atom is 0.407 e. The highest BCUT2D eigenvalue weighted by atomic mass is 32.1. The summed E-state index contributed by atoms with van der Waals surface area (Å²) in [5, 5.41) is 2.45. The maximum atomic E-state index is 11.0. The molecule has 0 heterocycles. The summed E-state index contributed by atoms with van der Waals surface area (Å²) in [5.74, 6) is -0.246. The Kier molecular flexibility index (Phi) is 5.37. The van der Waals surface area contributed by atoms with Crippen LogP contribution in [0.4, 0.5) is 4.79 Å². The minimum absolute atomic E-state index is 0.183. The second kappa shape index (κ2) is 5.74. The summed E-state index contributed by atoms with van der Waals surface area (Å²) in [4.78, 5) is 21.7. The largest absolute Gasteiger partial charge is 0.444 e. The van der Waals surface area contributed by atoms with Gasteiger partial charge in [-0.3, -0.25) is 4.79 Å². The van der Waals surface area contributed by atoms with Gasteiger partial charge in [-0.15, -0.1) is 0 Å². The van der Waals surface area contributed by atoms with Gasteiger partial charge >= 0.3 is 6.09 Å². The minimum Gasteiger partial charge on any atom is -0.444 e. The zero-order valence-electron chi connectivity index (χ0n) is 8.59. The molecule has 5 nitrogen and oxygen atoms in total. The number of carbonyl (C=O) groups is 2. The lowest BCUT2D eigenvalue weighted by molar-refractivity contribution is -0.119. The predicted octanol–water partition coefficient (Wildman–Crippen LogP) is 0.862. The molecule has 0 saturated carbocycles. The SMILES string of the molecule is CC(C)(C)OC(=O)NCCC(=O)NS. The second-order valence-corrected chi connectivity index (χ2v) is 3.94. The van der Waals surface area contributed by atoms with Crippen molar-refractivity contribution in [3.63, 3.8) is 0 Å². The number of nitrogens with one attached hydrogen (secondary N) is 2. The fraction of sp³-hybridized carbons (Fsp3) is 0.750. The van der Waals surface area contributed by atoms with Gasteiger partial charge in [0.15, 0.2) is 0 Å². The van der Waals surface area contributed by atoms with Crippen LogP contribution in [0.15, 0.2) is 0 Å². The average Bonchev–Trinajstić information content (AvgIpc) is 2.00. The van der Waals surface area contributed by atoms with Crippen LogP contribution in [0.3, 0.4) is 0 Å². The van der Waals surface area contributed by atoms with Crippen LogP contribution in [0.2, 0.25) is 0 Å². The highest BCUT2D eigenvalue weighted by Crippen LogP contribution is 2.06. The fourth-order valence-corrected chi connectivity index (χ4v) is 0.760. The van der Waals surface area contributed by atoms with Crippen LogP contribution in [0.1, 0.15) is 27.2 Å². The van der Waals surface area contributed by atoms with Crippen molar-refractivity contribution in [2.45, 2.75) is 32.8 Å². The van der Waals surface area contributed by atoms with E-state index in [1.54, 1.807) is 20.8 Å². The van der Waals surface area contributed by atoms with Gasteiger partial charge in [0.25, 0.3) is 0 Å². The fourth-order valence-electron chi connectivity index (χ4n) is 0.648. The summed E-state index contributed by atoms with van der Waals surface area (Å²) in [6.07, 6.45) is -0.340. The number of carbonyl (C=O) groups excluding carboxylic acids is 2. The Morgan fingerprint density at radius 1 is 1.36 bits per heavy atom. The van der Waals surface area contributed by atoms with Gasteiger partial charge in [-0.25, -0.2) is 4.79 Å². The molecule has 14 heavy (non-hydrogen) atoms. The van der Waals surface area contributed by atoms with Gasteiger partial charge in [0.2, 0.25) is 5.91 Å². The molecule has 0 spiro atoms. The van der Waals surface area contributed by atoms with Crippen molar-refractivity contribution in [1.29, 1.82) is 0 Å². The summed E-state index contributed by atoms with van der Waals surface area (Å²) in [6, 6.07) is 0. The first-order chi connectivity index (χ1) is 6.35. The number of amides is 2. The van der Waals surface area contributed by atoms with Crippen LogP contribution >= 0.6 is 12.8 Å². The van der Waals surface area contributed by atoms with Crippen molar-refractivity contribution in [3.05, 3.63) is 0 Å². The summed E-state index contributed by atoms with van der Waals surface area (Å²) in [6.45, 7) is 5.55. The van der Waals surface area contributed by atoms with E-state index in [4.69, 9.17) is 4.74 Å². The summed E-state index contributed by atoms with van der Waals surface area (Å²) >= 11 is 3.57. The van der Waals surface area contributed by atoms with E-state index < -0.39 is 11.7 Å². The van der Waals surface area contributed by atoms with E-state index in [0.29, 0.717) is 0 Å². The Hall–Kier alpha value is -0.910. The zero-order chi connectivity index (χ0) is 11.2. The molecule has 6 heteroatoms. The Labute approximate surface area is 89.1 Å². The topological polar surface area (TPSA) is 67.4 Å². The Morgan fingerprint density at radius 2 is 1.93 bits per heavy atom. The van der Waals surface area contributed by atoms with Crippen molar-refractivity contribution >= 4 is 24.8 Å². The Bertz CT molecular complexity index is 213. The van der Waals surface area contributed by atoms with E-state index in [-0.39, 0.29) is 18.9 Å². The molecule has 0 unspecified atom stereocenters. The van der Waals surface area contributed by atoms with Crippen LogP contribution in [0.25, 0.3) is 0 Å². The molecule has 0 rings (SSSR count). The third-order valence-electron chi connectivity index (χ3n) is 1.14. The van der Waals surface area contributed by atoms with Crippen LogP contribution in [-0.4, -0.2) is 24.1 Å². The number of hydrogen-bond donors (Lipinski definition) is 3. The third kappa shape index (κ3) is 7.72. The molecule has 0 atom stereocenters. The monoisotopic (exact) mass is 220 g/mol. The molecule has 0 aliphatic rings. The van der Waals surface area contributed by atoms with Crippen LogP contribution in [-0.2, 0) is 9.53 Å². The van der Waals surface area contributed by atoms with E-state index in [9.17, 15) is 9.59 Å². The maximum absolute atomic E-state index is 11.0. The van der Waals surface area contributed by atoms with Gasteiger partial charge < -0.3 is 14.8 Å². The highest BCUT2D eigenvalue weighted by molar-refractivity contribution is 7.78. The van der Waals surface area contributed by atoms with Gasteiger partial charge in [0, 0.05) is 13.0 Å². The minimum atomic E-state index is -0.524. The lowest BCUT2D eigenvalue weighted by Crippen LogP contribution is -2.34. The number of hydrogen-bond acceptors (Lipinski definition) is 4. The van der Waals surface area contributed by atoms with Gasteiger partial charge in [-0.1, -0.05) is 12.8 Å². The van der Waals surface area contributed by atoms with Crippen molar-refractivity contribution in [1.82, 2.24) is 10.0 Å². The molecule has 0 aromatic heterocycles. The molecule has 0 aromatic rings. The van der Waals surface area contributed by atoms with Crippen LogP contribution < -0.4 is 10.0 Å². The third-order valence-corrected chi connectivity index (χ3v) is 1.39. The predicted molar refractivity (Wildman–Crippen MR) is 56.0 cm³/mol. The van der Waals surface area contributed by atoms with E-state index in [2.05, 4.69) is 22.9 Å². The number of thiol groups is 1. The molecule has 2 N–H and O–H groups in total. The summed E-state index contributed by atoms with van der Waals surface area (Å²) in [7, 11) is 0. The molecular formula is C8H16N2O3S. The zero-order valence-corrected chi connectivity index (χ0v) is 9.48. The first-order valence-electron chi connectivity index (χ1n) is 4.25. The first kappa shape index (κ1) is 13.1. The molecule has 0 radical (unpaired) electrons. The Morgan fingerprint density at radius 3 is 2.36 bits per heavy atom. The smallest absolute Gasteiger partial charge is 0.407 e. The highest BCUT2D eigenvalue weighted by Gasteiger charge is 2.15. The van der Waals surface area contributed by atoms with Gasteiger partial charge in [0.1, 0.15) is 5.60 Å². The van der Waals surface area contributed by atoms with Crippen molar-refractivity contribution in [3.8, 4) is 0 Å². The quantitative estimate of drug-likeness (QED) is 0.618. The van der Waals surface area contributed by atoms with E-state index >= 15 is 0 Å². The molecular weight excluding hydrogens is 204 g/mol. The second-order valence-electron chi connectivity index (χ2n) is 3.71. The summed E-state index contributed by atoms with van der Waals surface area (Å²) in [5.41, 5.74) is -0.518. The molecule has 0 bridgehead atoms. The summed E-state index contributed by atoms with van der Waals surface area (Å²) < 4.78 is 7.10. The van der Waals surface area contributed by atoms with E-state index in [1.165, 1.54) is 0 Å². The normalized spacial score (nSPS) is 10.6. The van der Waals surface area contributed by atoms with Crippen LogP contribution in [0.5, 0.6) is 0 Å². The van der Waals surface area contributed by atoms with Crippen LogP contribution in [0, 0.1) is 0 Å². The van der Waals surface area contributed by atoms with Crippen molar-refractivity contribution < 1.29 is 14.3 Å². The Balaban J connectivity index is 3.60. The molecule has 2 amide bonds. The van der Waals surface area contributed by atoms with Crippen molar-refractivity contribution in [2.75, 3.05) is 6.54 Å². The molecule has 0 aromatic carbocycles. The van der Waals surface area contributed by atoms with E-state index in [1.807, 2.05) is 0 Å². The van der Waals surface area contributed by atoms with Gasteiger partial charge in [0.05, 0.1) is 0 Å². The molecule has 0 aliphatic heterocycles. The number of alkyl carbamates (subject to hydrolysis) is 1. The lowest BCUT2D eigenvalue weighted by atomic mass is 10.2. The average molecular weight is 220 g/mol. The molecule has 0 fully saturated rings. The van der Waals surface area contributed by atoms with E-state index in [0.717, 1.165) is 0 Å². The molecule has 82 valence electrons. The molecule has 0 saturated heterocycles. The van der Waals surface area contributed by atoms with Crippen molar-refractivity contribution in [2.24, 2.45) is 0 Å². The number of rotatable bonds is 3. The lowest BCUT2D eigenvalue weighted by Gasteiger charge is -2.19. The first-order valence-corrected chi connectivity index (χ1v) is 4.69.